The van der Waals surface area contributed by atoms with Gasteiger partial charge in [0.2, 0.25) is 0 Å². The molecule has 0 fully saturated rings. The lowest BCUT2D eigenvalue weighted by molar-refractivity contribution is -0.119. The monoisotopic (exact) mass is 483 g/mol. The summed E-state index contributed by atoms with van der Waals surface area (Å²) in [5, 5.41) is 3.93. The van der Waals surface area contributed by atoms with Gasteiger partial charge in [-0.3, -0.25) is 9.10 Å². The van der Waals surface area contributed by atoms with Gasteiger partial charge in [0.25, 0.3) is 15.9 Å². The van der Waals surface area contributed by atoms with E-state index >= 15 is 0 Å². The molecule has 178 valence electrons. The van der Waals surface area contributed by atoms with Crippen LogP contribution in [0.1, 0.15) is 5.56 Å². The van der Waals surface area contributed by atoms with E-state index in [-0.39, 0.29) is 10.6 Å². The molecule has 3 aromatic carbocycles. The van der Waals surface area contributed by atoms with Crippen LogP contribution < -0.4 is 23.9 Å². The molecule has 0 saturated heterocycles. The molecule has 0 saturated carbocycles. The summed E-state index contributed by atoms with van der Waals surface area (Å²) in [5.74, 6) is 0.819. The topological polar surface area (TPSA) is 107 Å². The first-order chi connectivity index (χ1) is 16.4. The molecule has 0 aliphatic heterocycles. The Morgan fingerprint density at radius 1 is 0.912 bits per heavy atom. The molecule has 1 amide bonds. The zero-order chi connectivity index (χ0) is 24.6. The second kappa shape index (κ2) is 11.2. The standard InChI is InChI=1S/C24H25N3O6S/c1-31-20-12-9-18(10-13-20)16-25-26-24(28)17-27(34(29,30)21-7-5-4-6-8-21)19-11-14-22(32-2)23(15-19)33-3/h4-16H,17H2,1-3H3,(H,26,28)/b25-16-. The lowest BCUT2D eigenvalue weighted by Gasteiger charge is -2.24. The van der Waals surface area contributed by atoms with E-state index < -0.39 is 22.5 Å². The minimum absolute atomic E-state index is 0.0410. The summed E-state index contributed by atoms with van der Waals surface area (Å²) in [7, 11) is 0.417. The third kappa shape index (κ3) is 5.84. The van der Waals surface area contributed by atoms with Crippen molar-refractivity contribution < 1.29 is 27.4 Å². The van der Waals surface area contributed by atoms with E-state index in [0.29, 0.717) is 17.2 Å². The van der Waals surface area contributed by atoms with E-state index in [1.165, 1.54) is 44.7 Å². The Morgan fingerprint density at radius 3 is 2.21 bits per heavy atom. The van der Waals surface area contributed by atoms with Crippen LogP contribution in [0.3, 0.4) is 0 Å². The lowest BCUT2D eigenvalue weighted by atomic mass is 10.2. The van der Waals surface area contributed by atoms with Crippen molar-refractivity contribution in [3.63, 3.8) is 0 Å². The fourth-order valence-electron chi connectivity index (χ4n) is 3.05. The van der Waals surface area contributed by atoms with Crippen LogP contribution in [0.4, 0.5) is 5.69 Å². The van der Waals surface area contributed by atoms with Gasteiger partial charge >= 0.3 is 0 Å². The molecule has 0 unspecified atom stereocenters. The maximum atomic E-state index is 13.4. The van der Waals surface area contributed by atoms with Crippen LogP contribution in [0.5, 0.6) is 17.2 Å². The number of benzene rings is 3. The van der Waals surface area contributed by atoms with Crippen LogP contribution in [0.15, 0.2) is 82.8 Å². The predicted molar refractivity (Wildman–Crippen MR) is 129 cm³/mol. The zero-order valence-electron chi connectivity index (χ0n) is 19.0. The summed E-state index contributed by atoms with van der Waals surface area (Å²) < 4.78 is 43.4. The van der Waals surface area contributed by atoms with E-state index in [2.05, 4.69) is 10.5 Å². The average molecular weight is 484 g/mol. The molecule has 3 rings (SSSR count). The van der Waals surface area contributed by atoms with Crippen LogP contribution in [0.25, 0.3) is 0 Å². The van der Waals surface area contributed by atoms with E-state index in [9.17, 15) is 13.2 Å². The van der Waals surface area contributed by atoms with E-state index in [1.807, 2.05) is 0 Å². The Kier molecular flexibility index (Phi) is 8.10. The number of methoxy groups -OCH3 is 3. The molecule has 34 heavy (non-hydrogen) atoms. The van der Waals surface area contributed by atoms with Crippen LogP contribution in [0.2, 0.25) is 0 Å². The molecule has 0 heterocycles. The maximum Gasteiger partial charge on any atom is 0.264 e. The minimum atomic E-state index is -4.07. The molecule has 0 aromatic heterocycles. The third-order valence-corrected chi connectivity index (χ3v) is 6.58. The van der Waals surface area contributed by atoms with Crippen LogP contribution >= 0.6 is 0 Å². The molecular formula is C24H25N3O6S. The van der Waals surface area contributed by atoms with Crippen molar-refractivity contribution in [1.29, 1.82) is 0 Å². The van der Waals surface area contributed by atoms with Crippen molar-refractivity contribution in [3.05, 3.63) is 78.4 Å². The number of ether oxygens (including phenoxy) is 3. The highest BCUT2D eigenvalue weighted by Gasteiger charge is 2.28. The molecule has 0 bridgehead atoms. The zero-order valence-corrected chi connectivity index (χ0v) is 19.8. The molecule has 0 atom stereocenters. The highest BCUT2D eigenvalue weighted by Crippen LogP contribution is 2.33. The highest BCUT2D eigenvalue weighted by molar-refractivity contribution is 7.92. The minimum Gasteiger partial charge on any atom is -0.497 e. The summed E-state index contributed by atoms with van der Waals surface area (Å²) in [4.78, 5) is 12.7. The average Bonchev–Trinajstić information content (AvgIpc) is 2.87. The summed E-state index contributed by atoms with van der Waals surface area (Å²) in [6, 6.07) is 19.5. The number of hydrogen-bond acceptors (Lipinski definition) is 7. The number of amides is 1. The number of anilines is 1. The van der Waals surface area contributed by atoms with E-state index in [0.717, 1.165) is 9.87 Å². The summed E-state index contributed by atoms with van der Waals surface area (Å²) in [5.41, 5.74) is 3.34. The van der Waals surface area contributed by atoms with Crippen molar-refractivity contribution in [1.82, 2.24) is 5.43 Å². The van der Waals surface area contributed by atoms with Crippen molar-refractivity contribution in [2.45, 2.75) is 4.90 Å². The molecule has 9 nitrogen and oxygen atoms in total. The molecule has 1 N–H and O–H groups in total. The number of carbonyl (C=O) groups is 1. The number of rotatable bonds is 10. The van der Waals surface area contributed by atoms with Crippen molar-refractivity contribution >= 4 is 27.8 Å². The predicted octanol–water partition coefficient (Wildman–Crippen LogP) is 3.06. The van der Waals surface area contributed by atoms with E-state index in [1.54, 1.807) is 55.6 Å². The number of hydrazone groups is 1. The first-order valence-corrected chi connectivity index (χ1v) is 11.6. The lowest BCUT2D eigenvalue weighted by Crippen LogP contribution is -2.39. The first-order valence-electron chi connectivity index (χ1n) is 10.1. The number of sulfonamides is 1. The molecule has 3 aromatic rings. The molecular weight excluding hydrogens is 458 g/mol. The Hall–Kier alpha value is -4.05. The van der Waals surface area contributed by atoms with Gasteiger partial charge in [-0.2, -0.15) is 5.10 Å². The first kappa shape index (κ1) is 24.6. The SMILES string of the molecule is COc1ccc(/C=N\NC(=O)CN(c2ccc(OC)c(OC)c2)S(=O)(=O)c2ccccc2)cc1. The third-order valence-electron chi connectivity index (χ3n) is 4.79. The van der Waals surface area contributed by atoms with Gasteiger partial charge in [-0.15, -0.1) is 0 Å². The number of carbonyl (C=O) groups excluding carboxylic acids is 1. The summed E-state index contributed by atoms with van der Waals surface area (Å²) in [6.45, 7) is -0.507. The molecule has 10 heteroatoms. The maximum absolute atomic E-state index is 13.4. The van der Waals surface area contributed by atoms with Gasteiger partial charge in [-0.25, -0.2) is 13.8 Å². The Balaban J connectivity index is 1.86. The van der Waals surface area contributed by atoms with Gasteiger partial charge < -0.3 is 14.2 Å². The largest absolute Gasteiger partial charge is 0.497 e. The quantitative estimate of drug-likeness (QED) is 0.351. The van der Waals surface area contributed by atoms with Crippen molar-refractivity contribution in [2.75, 3.05) is 32.2 Å². The summed E-state index contributed by atoms with van der Waals surface area (Å²) in [6.07, 6.45) is 1.45. The number of nitrogens with zero attached hydrogens (tertiary/aromatic N) is 2. The Morgan fingerprint density at radius 2 is 1.59 bits per heavy atom. The Labute approximate surface area is 198 Å². The van der Waals surface area contributed by atoms with Crippen LogP contribution in [0, 0.1) is 0 Å². The summed E-state index contributed by atoms with van der Waals surface area (Å²) >= 11 is 0. The second-order valence-corrected chi connectivity index (χ2v) is 8.79. The van der Waals surface area contributed by atoms with Gasteiger partial charge in [0.1, 0.15) is 12.3 Å². The normalized spacial score (nSPS) is 11.1. The smallest absolute Gasteiger partial charge is 0.264 e. The Bertz CT molecular complexity index is 1250. The van der Waals surface area contributed by atoms with Gasteiger partial charge in [-0.05, 0) is 54.1 Å². The van der Waals surface area contributed by atoms with Crippen molar-refractivity contribution in [3.8, 4) is 17.2 Å². The van der Waals surface area contributed by atoms with Crippen molar-refractivity contribution in [2.24, 2.45) is 5.10 Å². The molecule has 0 spiro atoms. The number of hydrogen-bond donors (Lipinski definition) is 1. The molecule has 0 aliphatic carbocycles. The fourth-order valence-corrected chi connectivity index (χ4v) is 4.48. The molecule has 0 radical (unpaired) electrons. The van der Waals surface area contributed by atoms with Gasteiger partial charge in [0.05, 0.1) is 38.1 Å². The number of nitrogens with one attached hydrogen (secondary N) is 1. The molecule has 0 aliphatic rings. The van der Waals surface area contributed by atoms with Gasteiger partial charge in [0.15, 0.2) is 11.5 Å². The second-order valence-electron chi connectivity index (χ2n) is 6.93. The fraction of sp³-hybridized carbons (Fsp3) is 0.167. The highest BCUT2D eigenvalue weighted by atomic mass is 32.2. The van der Waals surface area contributed by atoms with Crippen LogP contribution in [-0.2, 0) is 14.8 Å². The van der Waals surface area contributed by atoms with Gasteiger partial charge in [0, 0.05) is 6.07 Å². The van der Waals surface area contributed by atoms with Crippen LogP contribution in [-0.4, -0.2) is 48.4 Å². The van der Waals surface area contributed by atoms with E-state index in [4.69, 9.17) is 14.2 Å². The van der Waals surface area contributed by atoms with Gasteiger partial charge in [-0.1, -0.05) is 18.2 Å².